The van der Waals surface area contributed by atoms with Gasteiger partial charge in [0.05, 0.1) is 12.8 Å². The van der Waals surface area contributed by atoms with Crippen LogP contribution in [0.5, 0.6) is 5.75 Å². The van der Waals surface area contributed by atoms with Gasteiger partial charge >= 0.3 is 6.03 Å². The first-order chi connectivity index (χ1) is 11.6. The van der Waals surface area contributed by atoms with Crippen LogP contribution in [0.15, 0.2) is 29.6 Å². The van der Waals surface area contributed by atoms with Gasteiger partial charge in [-0.15, -0.1) is 11.3 Å². The zero-order chi connectivity index (χ0) is 17.1. The van der Waals surface area contributed by atoms with E-state index < -0.39 is 0 Å². The van der Waals surface area contributed by atoms with Crippen LogP contribution in [0.3, 0.4) is 0 Å². The van der Waals surface area contributed by atoms with Gasteiger partial charge in [0.25, 0.3) is 0 Å². The summed E-state index contributed by atoms with van der Waals surface area (Å²) in [5.41, 5.74) is 1.73. The van der Waals surface area contributed by atoms with Gasteiger partial charge in [0.1, 0.15) is 5.75 Å². The monoisotopic (exact) mass is 346 g/mol. The number of ether oxygens (including phenoxy) is 1. The molecule has 1 aromatic carbocycles. The van der Waals surface area contributed by atoms with Gasteiger partial charge in [-0.2, -0.15) is 0 Å². The molecule has 0 aliphatic carbocycles. The summed E-state index contributed by atoms with van der Waals surface area (Å²) in [5, 5.41) is 5.45. The summed E-state index contributed by atoms with van der Waals surface area (Å²) < 4.78 is 5.37. The lowest BCUT2D eigenvalue weighted by atomic mass is 10.1. The number of carbonyl (C=O) groups excluding carboxylic acids is 1. The van der Waals surface area contributed by atoms with Gasteiger partial charge in [-0.3, -0.25) is 5.32 Å². The molecule has 1 aliphatic heterocycles. The first-order valence-electron chi connectivity index (χ1n) is 7.93. The highest BCUT2D eigenvalue weighted by Crippen LogP contribution is 2.32. The lowest BCUT2D eigenvalue weighted by Crippen LogP contribution is -2.53. The van der Waals surface area contributed by atoms with Crippen molar-refractivity contribution in [2.24, 2.45) is 0 Å². The van der Waals surface area contributed by atoms with E-state index in [0.717, 1.165) is 36.6 Å². The number of rotatable bonds is 3. The SMILES string of the molecule is COc1ccccc1-c1csc(NC(=O)N2CCN(C)C[C@H]2C)n1. The number of hydrogen-bond acceptors (Lipinski definition) is 5. The number of thiazole rings is 1. The van der Waals surface area contributed by atoms with E-state index in [9.17, 15) is 4.79 Å². The van der Waals surface area contributed by atoms with E-state index in [1.165, 1.54) is 11.3 Å². The number of amides is 2. The van der Waals surface area contributed by atoms with Crippen LogP contribution in [0.4, 0.5) is 9.93 Å². The molecule has 7 heteroatoms. The number of aromatic nitrogens is 1. The van der Waals surface area contributed by atoms with Gasteiger partial charge in [-0.05, 0) is 26.1 Å². The molecule has 1 aliphatic rings. The summed E-state index contributed by atoms with van der Waals surface area (Å²) in [6.45, 7) is 4.57. The molecular weight excluding hydrogens is 324 g/mol. The Bertz CT molecular complexity index is 718. The van der Waals surface area contributed by atoms with Crippen LogP contribution in [0.2, 0.25) is 0 Å². The summed E-state index contributed by atoms with van der Waals surface area (Å²) in [5.74, 6) is 0.772. The second kappa shape index (κ2) is 7.19. The topological polar surface area (TPSA) is 57.7 Å². The maximum absolute atomic E-state index is 12.5. The Morgan fingerprint density at radius 3 is 2.92 bits per heavy atom. The average Bonchev–Trinajstić information content (AvgIpc) is 3.03. The first kappa shape index (κ1) is 16.7. The van der Waals surface area contributed by atoms with Crippen molar-refractivity contribution in [1.82, 2.24) is 14.8 Å². The van der Waals surface area contributed by atoms with Crippen molar-refractivity contribution in [3.05, 3.63) is 29.6 Å². The smallest absolute Gasteiger partial charge is 0.323 e. The fourth-order valence-electron chi connectivity index (χ4n) is 2.92. The molecule has 1 fully saturated rings. The predicted molar refractivity (Wildman–Crippen MR) is 96.8 cm³/mol. The zero-order valence-corrected chi connectivity index (χ0v) is 15.0. The fraction of sp³-hybridized carbons (Fsp3) is 0.412. The first-order valence-corrected chi connectivity index (χ1v) is 8.81. The molecule has 1 aromatic heterocycles. The van der Waals surface area contributed by atoms with E-state index in [-0.39, 0.29) is 12.1 Å². The number of likely N-dealkylation sites (N-methyl/N-ethyl adjacent to an activating group) is 1. The standard InChI is InChI=1S/C17H22N4O2S/c1-12-10-20(2)8-9-21(12)17(22)19-16-18-14(11-24-16)13-6-4-5-7-15(13)23-3/h4-7,11-12H,8-10H2,1-3H3,(H,18,19,22)/t12-/m1/s1. The molecule has 2 aromatic rings. The molecule has 6 nitrogen and oxygen atoms in total. The lowest BCUT2D eigenvalue weighted by Gasteiger charge is -2.37. The maximum Gasteiger partial charge on any atom is 0.323 e. The van der Waals surface area contributed by atoms with Gasteiger partial charge in [-0.25, -0.2) is 9.78 Å². The van der Waals surface area contributed by atoms with Gasteiger partial charge in [0.2, 0.25) is 0 Å². The van der Waals surface area contributed by atoms with Crippen molar-refractivity contribution < 1.29 is 9.53 Å². The van der Waals surface area contributed by atoms with E-state index in [0.29, 0.717) is 5.13 Å². The van der Waals surface area contributed by atoms with Gasteiger partial charge < -0.3 is 14.5 Å². The summed E-state index contributed by atoms with van der Waals surface area (Å²) >= 11 is 1.42. The largest absolute Gasteiger partial charge is 0.496 e. The third kappa shape index (κ3) is 3.52. The highest BCUT2D eigenvalue weighted by molar-refractivity contribution is 7.14. The third-order valence-electron chi connectivity index (χ3n) is 4.19. The van der Waals surface area contributed by atoms with Crippen molar-refractivity contribution >= 4 is 22.5 Å². The van der Waals surface area contributed by atoms with E-state index >= 15 is 0 Å². The Labute approximate surface area is 146 Å². The van der Waals surface area contributed by atoms with E-state index in [4.69, 9.17) is 4.74 Å². The summed E-state index contributed by atoms with van der Waals surface area (Å²) in [6, 6.07) is 7.84. The Balaban J connectivity index is 1.71. The van der Waals surface area contributed by atoms with E-state index in [1.807, 2.05) is 34.5 Å². The Morgan fingerprint density at radius 1 is 1.38 bits per heavy atom. The van der Waals surface area contributed by atoms with Crippen LogP contribution in [0, 0.1) is 0 Å². The number of anilines is 1. The van der Waals surface area contributed by atoms with Crippen molar-refractivity contribution in [3.63, 3.8) is 0 Å². The third-order valence-corrected chi connectivity index (χ3v) is 4.95. The maximum atomic E-state index is 12.5. The number of nitrogens with zero attached hydrogens (tertiary/aromatic N) is 3. The molecule has 3 rings (SSSR count). The fourth-order valence-corrected chi connectivity index (χ4v) is 3.62. The normalized spacial score (nSPS) is 18.5. The molecule has 0 radical (unpaired) electrons. The van der Waals surface area contributed by atoms with Crippen LogP contribution in [0.1, 0.15) is 6.92 Å². The molecule has 1 saturated heterocycles. The molecule has 1 atom stereocenters. The molecule has 2 amide bonds. The number of urea groups is 1. The zero-order valence-electron chi connectivity index (χ0n) is 14.2. The Kier molecular flexibility index (Phi) is 5.01. The summed E-state index contributed by atoms with van der Waals surface area (Å²) in [4.78, 5) is 21.1. The van der Waals surface area contributed by atoms with E-state index in [1.54, 1.807) is 7.11 Å². The van der Waals surface area contributed by atoms with Crippen LogP contribution < -0.4 is 10.1 Å². The molecule has 24 heavy (non-hydrogen) atoms. The molecule has 128 valence electrons. The minimum Gasteiger partial charge on any atom is -0.496 e. The minimum absolute atomic E-state index is 0.0865. The summed E-state index contributed by atoms with van der Waals surface area (Å²) in [7, 11) is 3.72. The highest BCUT2D eigenvalue weighted by Gasteiger charge is 2.26. The number of carbonyl (C=O) groups is 1. The second-order valence-corrected chi connectivity index (χ2v) is 6.83. The van der Waals surface area contributed by atoms with Crippen molar-refractivity contribution in [1.29, 1.82) is 0 Å². The molecule has 1 N–H and O–H groups in total. The quantitative estimate of drug-likeness (QED) is 0.928. The Morgan fingerprint density at radius 2 is 2.17 bits per heavy atom. The minimum atomic E-state index is -0.0865. The average molecular weight is 346 g/mol. The number of hydrogen-bond donors (Lipinski definition) is 1. The molecule has 0 bridgehead atoms. The van der Waals surface area contributed by atoms with Gasteiger partial charge in [0.15, 0.2) is 5.13 Å². The number of para-hydroxylation sites is 1. The number of benzene rings is 1. The molecule has 2 heterocycles. The van der Waals surface area contributed by atoms with Crippen molar-refractivity contribution in [3.8, 4) is 17.0 Å². The van der Waals surface area contributed by atoms with Gasteiger partial charge in [0, 0.05) is 36.6 Å². The predicted octanol–water partition coefficient (Wildman–Crippen LogP) is 2.99. The van der Waals surface area contributed by atoms with Crippen LogP contribution in [-0.2, 0) is 0 Å². The molecule has 0 saturated carbocycles. The van der Waals surface area contributed by atoms with Crippen molar-refractivity contribution in [2.45, 2.75) is 13.0 Å². The van der Waals surface area contributed by atoms with Crippen LogP contribution in [0.25, 0.3) is 11.3 Å². The molecule has 0 spiro atoms. The van der Waals surface area contributed by atoms with Crippen molar-refractivity contribution in [2.75, 3.05) is 39.1 Å². The number of piperazine rings is 1. The van der Waals surface area contributed by atoms with E-state index in [2.05, 4.69) is 29.2 Å². The highest BCUT2D eigenvalue weighted by atomic mass is 32.1. The molecule has 0 unspecified atom stereocenters. The number of nitrogens with one attached hydrogen (secondary N) is 1. The number of methoxy groups -OCH3 is 1. The van der Waals surface area contributed by atoms with Gasteiger partial charge in [-0.1, -0.05) is 12.1 Å². The Hall–Kier alpha value is -2.12. The van der Waals surface area contributed by atoms with Crippen LogP contribution in [-0.4, -0.2) is 60.6 Å². The lowest BCUT2D eigenvalue weighted by molar-refractivity contribution is 0.125. The second-order valence-electron chi connectivity index (χ2n) is 5.97. The van der Waals surface area contributed by atoms with Crippen LogP contribution >= 0.6 is 11.3 Å². The summed E-state index contributed by atoms with van der Waals surface area (Å²) in [6.07, 6.45) is 0. The molecular formula is C17H22N4O2S.